The van der Waals surface area contributed by atoms with Gasteiger partial charge in [0, 0.05) is 12.3 Å². The number of alkyl carbamates (subject to hydrolysis) is 1. The normalized spacial score (nSPS) is 13.2. The van der Waals surface area contributed by atoms with Crippen molar-refractivity contribution >= 4 is 12.1 Å². The van der Waals surface area contributed by atoms with Gasteiger partial charge >= 0.3 is 18.7 Å². The van der Waals surface area contributed by atoms with Crippen LogP contribution in [-0.4, -0.2) is 36.4 Å². The summed E-state index contributed by atoms with van der Waals surface area (Å²) in [7, 11) is 0. The summed E-state index contributed by atoms with van der Waals surface area (Å²) in [4.78, 5) is 24.1. The summed E-state index contributed by atoms with van der Waals surface area (Å²) in [5.41, 5.74) is 4.42. The van der Waals surface area contributed by atoms with Gasteiger partial charge in [-0.3, -0.25) is 0 Å². The average Bonchev–Trinajstić information content (AvgIpc) is 3.12. The summed E-state index contributed by atoms with van der Waals surface area (Å²) in [5.74, 6) is -1.64. The van der Waals surface area contributed by atoms with E-state index < -0.39 is 24.7 Å². The number of carboxylic acids is 1. The third kappa shape index (κ3) is 4.95. The van der Waals surface area contributed by atoms with Crippen molar-refractivity contribution in [1.29, 1.82) is 0 Å². The van der Waals surface area contributed by atoms with Crippen LogP contribution in [0, 0.1) is 0 Å². The Kier molecular flexibility index (Phi) is 6.53. The molecule has 4 rings (SSSR count). The number of rotatable bonds is 8. The molecule has 0 radical (unpaired) electrons. The van der Waals surface area contributed by atoms with Crippen molar-refractivity contribution in [2.45, 2.75) is 25.0 Å². The fraction of sp³-hybridized carbons (Fsp3) is 0.200. The van der Waals surface area contributed by atoms with Gasteiger partial charge in [0.05, 0.1) is 0 Å². The molecule has 1 aliphatic carbocycles. The Hall–Kier alpha value is -3.94. The Labute approximate surface area is 188 Å². The molecule has 0 saturated carbocycles. The van der Waals surface area contributed by atoms with E-state index in [1.807, 2.05) is 48.5 Å². The van der Waals surface area contributed by atoms with Gasteiger partial charge in [0.1, 0.15) is 18.4 Å². The molecule has 0 aliphatic heterocycles. The molecule has 0 bridgehead atoms. The van der Waals surface area contributed by atoms with E-state index in [0.717, 1.165) is 22.3 Å². The summed E-state index contributed by atoms with van der Waals surface area (Å²) < 4.78 is 35.1. The van der Waals surface area contributed by atoms with E-state index in [-0.39, 0.29) is 30.3 Å². The van der Waals surface area contributed by atoms with E-state index in [1.165, 1.54) is 18.2 Å². The van der Waals surface area contributed by atoms with Gasteiger partial charge in [-0.1, -0.05) is 66.7 Å². The van der Waals surface area contributed by atoms with Crippen LogP contribution in [0.4, 0.5) is 13.6 Å². The molecule has 6 nitrogen and oxygen atoms in total. The number of fused-ring (bicyclic) bond motifs is 3. The van der Waals surface area contributed by atoms with Crippen molar-refractivity contribution in [3.05, 3.63) is 89.5 Å². The van der Waals surface area contributed by atoms with E-state index in [2.05, 4.69) is 10.1 Å². The number of alkyl halides is 2. The molecule has 170 valence electrons. The topological polar surface area (TPSA) is 84.9 Å². The van der Waals surface area contributed by atoms with Crippen LogP contribution in [0.15, 0.2) is 72.8 Å². The standard InChI is InChI=1S/C25H21F2NO5/c26-24(27)33-22-12-6-1-7-15(22)13-21(23(29)30)28-25(31)32-14-20-18-10-4-2-8-16(18)17-9-3-5-11-19(17)20/h1-12,20-21,24H,13-14H2,(H,28,31)(H,29,30). The second-order valence-electron chi connectivity index (χ2n) is 7.55. The third-order valence-corrected chi connectivity index (χ3v) is 5.55. The van der Waals surface area contributed by atoms with E-state index in [4.69, 9.17) is 4.74 Å². The summed E-state index contributed by atoms with van der Waals surface area (Å²) in [6.45, 7) is -3.03. The monoisotopic (exact) mass is 453 g/mol. The minimum atomic E-state index is -3.05. The Balaban J connectivity index is 1.43. The Bertz CT molecular complexity index is 1120. The number of hydrogen-bond acceptors (Lipinski definition) is 4. The van der Waals surface area contributed by atoms with Crippen LogP contribution in [0.5, 0.6) is 5.75 Å². The highest BCUT2D eigenvalue weighted by molar-refractivity contribution is 5.81. The molecule has 1 unspecified atom stereocenters. The second-order valence-corrected chi connectivity index (χ2v) is 7.55. The first-order chi connectivity index (χ1) is 15.9. The summed E-state index contributed by atoms with van der Waals surface area (Å²) >= 11 is 0. The fourth-order valence-electron chi connectivity index (χ4n) is 4.09. The predicted molar refractivity (Wildman–Crippen MR) is 116 cm³/mol. The number of halogens is 2. The smallest absolute Gasteiger partial charge is 0.407 e. The Morgan fingerprint density at radius 3 is 2.09 bits per heavy atom. The van der Waals surface area contributed by atoms with Crippen LogP contribution in [0.3, 0.4) is 0 Å². The van der Waals surface area contributed by atoms with Gasteiger partial charge in [0.2, 0.25) is 0 Å². The van der Waals surface area contributed by atoms with Crippen molar-refractivity contribution in [3.63, 3.8) is 0 Å². The minimum absolute atomic E-state index is 0.0251. The minimum Gasteiger partial charge on any atom is -0.480 e. The van der Waals surface area contributed by atoms with Gasteiger partial charge in [0.25, 0.3) is 0 Å². The van der Waals surface area contributed by atoms with Crippen molar-refractivity contribution in [2.75, 3.05) is 6.61 Å². The van der Waals surface area contributed by atoms with Gasteiger partial charge < -0.3 is 19.9 Å². The van der Waals surface area contributed by atoms with Crippen LogP contribution in [0.1, 0.15) is 22.6 Å². The van der Waals surface area contributed by atoms with Crippen molar-refractivity contribution in [3.8, 4) is 16.9 Å². The van der Waals surface area contributed by atoms with Crippen LogP contribution < -0.4 is 10.1 Å². The maximum absolute atomic E-state index is 12.6. The predicted octanol–water partition coefficient (Wildman–Crippen LogP) is 4.82. The SMILES string of the molecule is O=C(NC(Cc1ccccc1OC(F)F)C(=O)O)OCC1c2ccccc2-c2ccccc21. The number of carbonyl (C=O) groups excluding carboxylic acids is 1. The van der Waals surface area contributed by atoms with Crippen LogP contribution in [0.25, 0.3) is 11.1 Å². The van der Waals surface area contributed by atoms with Crippen molar-refractivity contribution < 1.29 is 33.0 Å². The molecule has 0 heterocycles. The molecule has 1 atom stereocenters. The van der Waals surface area contributed by atoms with Gasteiger partial charge in [-0.25, -0.2) is 9.59 Å². The largest absolute Gasteiger partial charge is 0.480 e. The zero-order valence-corrected chi connectivity index (χ0v) is 17.4. The number of benzene rings is 3. The summed E-state index contributed by atoms with van der Waals surface area (Å²) in [6.07, 6.45) is -1.15. The zero-order valence-electron chi connectivity index (χ0n) is 17.4. The number of hydrogen-bond donors (Lipinski definition) is 2. The molecule has 1 amide bonds. The maximum atomic E-state index is 12.6. The Morgan fingerprint density at radius 1 is 0.909 bits per heavy atom. The van der Waals surface area contributed by atoms with Gasteiger partial charge in [-0.05, 0) is 33.9 Å². The van der Waals surface area contributed by atoms with Crippen LogP contribution in [-0.2, 0) is 16.0 Å². The van der Waals surface area contributed by atoms with Crippen LogP contribution in [0.2, 0.25) is 0 Å². The first kappa shape index (κ1) is 22.3. The molecule has 2 N–H and O–H groups in total. The summed E-state index contributed by atoms with van der Waals surface area (Å²) in [5, 5.41) is 11.9. The molecule has 0 spiro atoms. The van der Waals surface area contributed by atoms with E-state index in [9.17, 15) is 23.5 Å². The molecular weight excluding hydrogens is 432 g/mol. The number of carbonyl (C=O) groups is 2. The molecule has 3 aromatic carbocycles. The third-order valence-electron chi connectivity index (χ3n) is 5.55. The second kappa shape index (κ2) is 9.68. The molecule has 0 aromatic heterocycles. The summed E-state index contributed by atoms with van der Waals surface area (Å²) in [6, 6.07) is 20.1. The molecule has 0 saturated heterocycles. The number of amides is 1. The average molecular weight is 453 g/mol. The first-order valence-corrected chi connectivity index (χ1v) is 10.3. The number of ether oxygens (including phenoxy) is 2. The molecular formula is C25H21F2NO5. The number of nitrogens with one attached hydrogen (secondary N) is 1. The highest BCUT2D eigenvalue weighted by Gasteiger charge is 2.30. The molecule has 1 aliphatic rings. The first-order valence-electron chi connectivity index (χ1n) is 10.3. The molecule has 8 heteroatoms. The number of para-hydroxylation sites is 1. The quantitative estimate of drug-likeness (QED) is 0.511. The lowest BCUT2D eigenvalue weighted by Crippen LogP contribution is -2.43. The maximum Gasteiger partial charge on any atom is 0.407 e. The van der Waals surface area contributed by atoms with E-state index >= 15 is 0 Å². The molecule has 33 heavy (non-hydrogen) atoms. The van der Waals surface area contributed by atoms with Crippen molar-refractivity contribution in [1.82, 2.24) is 5.32 Å². The number of carboxylic acid groups (broad SMARTS) is 1. The lowest BCUT2D eigenvalue weighted by Gasteiger charge is -2.18. The highest BCUT2D eigenvalue weighted by atomic mass is 19.3. The highest BCUT2D eigenvalue weighted by Crippen LogP contribution is 2.44. The van der Waals surface area contributed by atoms with Crippen LogP contribution >= 0.6 is 0 Å². The van der Waals surface area contributed by atoms with Gasteiger partial charge in [-0.15, -0.1) is 0 Å². The lowest BCUT2D eigenvalue weighted by atomic mass is 9.98. The number of aliphatic carboxylic acids is 1. The molecule has 3 aromatic rings. The van der Waals surface area contributed by atoms with E-state index in [1.54, 1.807) is 6.07 Å². The van der Waals surface area contributed by atoms with Gasteiger partial charge in [0.15, 0.2) is 0 Å². The van der Waals surface area contributed by atoms with E-state index in [0.29, 0.717) is 0 Å². The van der Waals surface area contributed by atoms with Gasteiger partial charge in [-0.2, -0.15) is 8.78 Å². The Morgan fingerprint density at radius 2 is 1.48 bits per heavy atom. The molecule has 0 fully saturated rings. The lowest BCUT2D eigenvalue weighted by molar-refractivity contribution is -0.139. The van der Waals surface area contributed by atoms with Crippen molar-refractivity contribution in [2.24, 2.45) is 0 Å². The fourth-order valence-corrected chi connectivity index (χ4v) is 4.09. The zero-order chi connectivity index (χ0) is 23.4.